The second kappa shape index (κ2) is 8.93. The van der Waals surface area contributed by atoms with Crippen LogP contribution < -0.4 is 16.1 Å². The van der Waals surface area contributed by atoms with Crippen LogP contribution >= 0.6 is 23.4 Å². The Balaban J connectivity index is 1.35. The number of anilines is 1. The molecule has 2 aromatic rings. The Morgan fingerprint density at radius 1 is 1.30 bits per heavy atom. The number of hydrogen-bond acceptors (Lipinski definition) is 5. The third-order valence-electron chi connectivity index (χ3n) is 4.95. The highest BCUT2D eigenvalue weighted by Crippen LogP contribution is 2.26. The largest absolute Gasteiger partial charge is 0.326 e. The van der Waals surface area contributed by atoms with E-state index in [1.54, 1.807) is 12.1 Å². The molecule has 1 aliphatic carbocycles. The molecule has 0 bridgehead atoms. The van der Waals surface area contributed by atoms with Gasteiger partial charge >= 0.3 is 0 Å². The molecule has 0 aromatic heterocycles. The summed E-state index contributed by atoms with van der Waals surface area (Å²) in [6, 6.07) is 13.5. The molecular weight excluding hydrogens is 420 g/mol. The maximum absolute atomic E-state index is 12.3. The van der Waals surface area contributed by atoms with Crippen LogP contribution in [0, 0.1) is 6.92 Å². The lowest BCUT2D eigenvalue weighted by Gasteiger charge is -2.16. The van der Waals surface area contributed by atoms with Crippen molar-refractivity contribution < 1.29 is 9.59 Å². The minimum absolute atomic E-state index is 0.0482. The van der Waals surface area contributed by atoms with Gasteiger partial charge in [0.25, 0.3) is 0 Å². The molecule has 2 amide bonds. The second-order valence-electron chi connectivity index (χ2n) is 7.15. The van der Waals surface area contributed by atoms with Crippen molar-refractivity contribution in [2.75, 3.05) is 5.32 Å². The minimum Gasteiger partial charge on any atom is -0.326 e. The summed E-state index contributed by atoms with van der Waals surface area (Å²) in [6.45, 7) is 1.89. The Morgan fingerprint density at radius 3 is 2.97 bits per heavy atom. The van der Waals surface area contributed by atoms with Gasteiger partial charge in [-0.3, -0.25) is 15.0 Å². The van der Waals surface area contributed by atoms with E-state index in [1.165, 1.54) is 17.3 Å². The number of amidine groups is 1. The number of amides is 2. The van der Waals surface area contributed by atoms with E-state index in [1.807, 2.05) is 25.1 Å². The van der Waals surface area contributed by atoms with E-state index in [4.69, 9.17) is 11.6 Å². The Morgan fingerprint density at radius 2 is 2.13 bits per heavy atom. The summed E-state index contributed by atoms with van der Waals surface area (Å²) in [6.07, 6.45) is 4.10. The fraction of sp³-hybridized carbons (Fsp3) is 0.227. The number of hydrazone groups is 1. The molecule has 1 heterocycles. The van der Waals surface area contributed by atoms with Gasteiger partial charge in [-0.1, -0.05) is 59.8 Å². The topological polar surface area (TPSA) is 82.6 Å². The van der Waals surface area contributed by atoms with Crippen LogP contribution in [-0.4, -0.2) is 22.2 Å². The van der Waals surface area contributed by atoms with Crippen LogP contribution in [0.1, 0.15) is 29.5 Å². The zero-order valence-electron chi connectivity index (χ0n) is 16.4. The smallest absolute Gasteiger partial charge is 0.240 e. The fourth-order valence-corrected chi connectivity index (χ4v) is 4.45. The molecule has 1 aliphatic heterocycles. The number of allylic oxidation sites excluding steroid dienone is 1. The number of rotatable bonds is 5. The highest BCUT2D eigenvalue weighted by Gasteiger charge is 2.32. The quantitative estimate of drug-likeness (QED) is 0.612. The van der Waals surface area contributed by atoms with Crippen LogP contribution in [0.3, 0.4) is 0 Å². The van der Waals surface area contributed by atoms with Crippen molar-refractivity contribution in [3.8, 4) is 0 Å². The summed E-state index contributed by atoms with van der Waals surface area (Å²) in [7, 11) is 0. The standard InChI is InChI=1S/C22H21ClN4O2S/c1-13-9-10-15(11-17(13)23)24-20(28)12-19-21(29)25-22(30-19)27-26-18-8-4-6-14-5-2-3-7-16(14)18/h2-3,5,7-11,19,26H,4,6,12H2,1H3,(H,24,28)(H,25,27,29)/t19-/m1/s1. The third kappa shape index (κ3) is 4.68. The Hall–Kier alpha value is -2.77. The first-order valence-corrected chi connectivity index (χ1v) is 10.9. The van der Waals surface area contributed by atoms with Crippen LogP contribution in [0.15, 0.2) is 53.6 Å². The molecule has 1 atom stereocenters. The summed E-state index contributed by atoms with van der Waals surface area (Å²) in [5.74, 6) is -0.476. The van der Waals surface area contributed by atoms with Gasteiger partial charge in [-0.25, -0.2) is 0 Å². The number of hydrogen-bond donors (Lipinski definition) is 3. The third-order valence-corrected chi connectivity index (χ3v) is 6.44. The molecule has 2 aromatic carbocycles. The van der Waals surface area contributed by atoms with Gasteiger partial charge in [-0.05, 0) is 43.0 Å². The average Bonchev–Trinajstić information content (AvgIpc) is 3.08. The van der Waals surface area contributed by atoms with E-state index in [2.05, 4.69) is 39.4 Å². The summed E-state index contributed by atoms with van der Waals surface area (Å²) >= 11 is 7.34. The number of thioether (sulfide) groups is 1. The summed E-state index contributed by atoms with van der Waals surface area (Å²) in [4.78, 5) is 24.6. The molecule has 30 heavy (non-hydrogen) atoms. The number of benzene rings is 2. The number of nitrogens with one attached hydrogen (secondary N) is 3. The molecular formula is C22H21ClN4O2S. The lowest BCUT2D eigenvalue weighted by molar-refractivity contribution is -0.122. The number of fused-ring (bicyclic) bond motifs is 1. The predicted molar refractivity (Wildman–Crippen MR) is 122 cm³/mol. The first-order valence-electron chi connectivity index (χ1n) is 9.65. The molecule has 154 valence electrons. The van der Waals surface area contributed by atoms with Crippen molar-refractivity contribution in [2.24, 2.45) is 5.10 Å². The molecule has 0 unspecified atom stereocenters. The van der Waals surface area contributed by atoms with Gasteiger partial charge < -0.3 is 10.6 Å². The van der Waals surface area contributed by atoms with Gasteiger partial charge in [0.05, 0.1) is 5.70 Å². The van der Waals surface area contributed by atoms with E-state index in [9.17, 15) is 9.59 Å². The average molecular weight is 441 g/mol. The zero-order valence-corrected chi connectivity index (χ0v) is 17.9. The van der Waals surface area contributed by atoms with Gasteiger partial charge in [0.1, 0.15) is 5.25 Å². The molecule has 1 saturated heterocycles. The normalized spacial score (nSPS) is 19.1. The SMILES string of the molecule is Cc1ccc(NC(=O)C[C@H]2S/C(=N\NC3=CCCc4ccccc43)NC2=O)cc1Cl. The fourth-order valence-electron chi connectivity index (χ4n) is 3.34. The first kappa shape index (κ1) is 20.5. The number of halogens is 1. The first-order chi connectivity index (χ1) is 14.5. The van der Waals surface area contributed by atoms with E-state index < -0.39 is 5.25 Å². The number of aryl methyl sites for hydroxylation is 2. The summed E-state index contributed by atoms with van der Waals surface area (Å²) in [5.41, 5.74) is 7.93. The molecule has 1 fully saturated rings. The van der Waals surface area contributed by atoms with Crippen LogP contribution in [0.2, 0.25) is 5.02 Å². The van der Waals surface area contributed by atoms with Gasteiger partial charge in [-0.15, -0.1) is 5.10 Å². The molecule has 0 radical (unpaired) electrons. The molecule has 2 aliphatic rings. The highest BCUT2D eigenvalue weighted by molar-refractivity contribution is 8.15. The van der Waals surface area contributed by atoms with Crippen molar-refractivity contribution in [1.29, 1.82) is 0 Å². The van der Waals surface area contributed by atoms with Gasteiger partial charge in [0, 0.05) is 22.7 Å². The van der Waals surface area contributed by atoms with Crippen LogP contribution in [0.5, 0.6) is 0 Å². The Bertz CT molecular complexity index is 1070. The van der Waals surface area contributed by atoms with E-state index in [-0.39, 0.29) is 18.2 Å². The monoisotopic (exact) mass is 440 g/mol. The van der Waals surface area contributed by atoms with E-state index >= 15 is 0 Å². The molecule has 8 heteroatoms. The second-order valence-corrected chi connectivity index (χ2v) is 8.75. The van der Waals surface area contributed by atoms with E-state index in [0.29, 0.717) is 15.9 Å². The Labute approximate surface area is 184 Å². The number of carbonyl (C=O) groups is 2. The number of carbonyl (C=O) groups excluding carboxylic acids is 2. The van der Waals surface area contributed by atoms with Crippen LogP contribution in [0.4, 0.5) is 5.69 Å². The van der Waals surface area contributed by atoms with Crippen molar-refractivity contribution in [3.05, 3.63) is 70.3 Å². The van der Waals surface area contributed by atoms with Crippen molar-refractivity contribution in [2.45, 2.75) is 31.4 Å². The molecule has 0 spiro atoms. The predicted octanol–water partition coefficient (Wildman–Crippen LogP) is 4.06. The molecule has 0 saturated carbocycles. The van der Waals surface area contributed by atoms with Gasteiger partial charge in [0.15, 0.2) is 5.17 Å². The molecule has 6 nitrogen and oxygen atoms in total. The van der Waals surface area contributed by atoms with Crippen molar-refractivity contribution in [3.63, 3.8) is 0 Å². The number of nitrogens with zero attached hydrogens (tertiary/aromatic N) is 1. The van der Waals surface area contributed by atoms with Crippen molar-refractivity contribution >= 4 is 51.7 Å². The maximum atomic E-state index is 12.3. The van der Waals surface area contributed by atoms with E-state index in [0.717, 1.165) is 29.7 Å². The summed E-state index contributed by atoms with van der Waals surface area (Å²) < 4.78 is 0. The van der Waals surface area contributed by atoms with Crippen LogP contribution in [-0.2, 0) is 16.0 Å². The lowest BCUT2D eigenvalue weighted by Crippen LogP contribution is -2.28. The zero-order chi connectivity index (χ0) is 21.1. The molecule has 3 N–H and O–H groups in total. The van der Waals surface area contributed by atoms with Crippen LogP contribution in [0.25, 0.3) is 5.70 Å². The van der Waals surface area contributed by atoms with Gasteiger partial charge in [0.2, 0.25) is 11.8 Å². The summed E-state index contributed by atoms with van der Waals surface area (Å²) in [5, 5.41) is 10.4. The highest BCUT2D eigenvalue weighted by atomic mass is 35.5. The minimum atomic E-state index is -0.529. The van der Waals surface area contributed by atoms with Crippen molar-refractivity contribution in [1.82, 2.24) is 10.7 Å². The Kier molecular flexibility index (Phi) is 6.11. The lowest BCUT2D eigenvalue weighted by atomic mass is 9.95. The molecule has 4 rings (SSSR count). The maximum Gasteiger partial charge on any atom is 0.240 e. The van der Waals surface area contributed by atoms with Gasteiger partial charge in [-0.2, -0.15) is 0 Å².